The van der Waals surface area contributed by atoms with Crippen LogP contribution in [-0.4, -0.2) is 90.4 Å². The van der Waals surface area contributed by atoms with E-state index in [1.165, 1.54) is 19.3 Å². The number of hydrogen-bond acceptors (Lipinski definition) is 6. The molecule has 1 unspecified atom stereocenters. The van der Waals surface area contributed by atoms with Crippen molar-refractivity contribution in [2.75, 3.05) is 57.7 Å². The van der Waals surface area contributed by atoms with Gasteiger partial charge < -0.3 is 19.9 Å². The van der Waals surface area contributed by atoms with Crippen molar-refractivity contribution >= 4 is 23.5 Å². The summed E-state index contributed by atoms with van der Waals surface area (Å²) in [4.78, 5) is 45.1. The highest BCUT2D eigenvalue weighted by molar-refractivity contribution is 6.38. The molecule has 8 nitrogen and oxygen atoms in total. The molecule has 1 saturated heterocycles. The molecular weight excluding hydrogens is 456 g/mol. The lowest BCUT2D eigenvalue weighted by molar-refractivity contribution is -0.146. The van der Waals surface area contributed by atoms with Crippen molar-refractivity contribution in [3.63, 3.8) is 0 Å². The molecule has 1 aromatic rings. The molecule has 4 rings (SSSR count). The number of nitrogens with one attached hydrogen (secondary N) is 1. The van der Waals surface area contributed by atoms with Gasteiger partial charge in [0.25, 0.3) is 5.91 Å². The number of fused-ring (bicyclic) bond motifs is 1. The Hall–Kier alpha value is -2.61. The van der Waals surface area contributed by atoms with Crippen molar-refractivity contribution in [3.05, 3.63) is 29.8 Å². The number of nitrogens with zero attached hydrogens (tertiary/aromatic N) is 3. The molecule has 3 aliphatic rings. The Morgan fingerprint density at radius 1 is 1.03 bits per heavy atom. The first kappa shape index (κ1) is 26.5. The number of hydrogen-bond donors (Lipinski definition) is 1. The summed E-state index contributed by atoms with van der Waals surface area (Å²) >= 11 is 0. The lowest BCUT2D eigenvalue weighted by Crippen LogP contribution is -2.52. The molecule has 1 N–H and O–H groups in total. The number of amides is 2. The number of piperazine rings is 1. The maximum Gasteiger partial charge on any atom is 0.410 e. The maximum atomic E-state index is 13.5. The normalized spacial score (nSPS) is 21.0. The maximum absolute atomic E-state index is 13.5. The van der Waals surface area contributed by atoms with Crippen molar-refractivity contribution < 1.29 is 19.1 Å². The fourth-order valence-electron chi connectivity index (χ4n) is 5.52. The zero-order valence-corrected chi connectivity index (χ0v) is 22.1. The van der Waals surface area contributed by atoms with Gasteiger partial charge in [0.2, 0.25) is 5.78 Å². The quantitative estimate of drug-likeness (QED) is 0.577. The second-order valence-corrected chi connectivity index (χ2v) is 11.4. The largest absolute Gasteiger partial charge is 0.444 e. The zero-order valence-electron chi connectivity index (χ0n) is 22.1. The average molecular weight is 499 g/mol. The molecule has 0 aromatic heterocycles. The molecule has 0 spiro atoms. The number of ether oxygens (including phenoxy) is 1. The zero-order chi connectivity index (χ0) is 25.7. The first-order chi connectivity index (χ1) is 17.2. The van der Waals surface area contributed by atoms with Gasteiger partial charge in [-0.25, -0.2) is 4.79 Å². The summed E-state index contributed by atoms with van der Waals surface area (Å²) in [5.74, 6) is -0.608. The Labute approximate surface area is 215 Å². The molecule has 8 heteroatoms. The van der Waals surface area contributed by atoms with E-state index in [0.29, 0.717) is 45.2 Å². The lowest BCUT2D eigenvalue weighted by atomic mass is 9.88. The van der Waals surface area contributed by atoms with E-state index in [4.69, 9.17) is 4.74 Å². The molecular formula is C28H42N4O4. The Morgan fingerprint density at radius 3 is 2.42 bits per heavy atom. The van der Waals surface area contributed by atoms with E-state index < -0.39 is 11.5 Å². The van der Waals surface area contributed by atoms with Crippen LogP contribution < -0.4 is 5.32 Å². The lowest BCUT2D eigenvalue weighted by Gasteiger charge is -2.37. The van der Waals surface area contributed by atoms with E-state index in [1.54, 1.807) is 4.90 Å². The minimum absolute atomic E-state index is 0.271. The summed E-state index contributed by atoms with van der Waals surface area (Å²) in [7, 11) is 0. The summed E-state index contributed by atoms with van der Waals surface area (Å²) in [5, 5.41) is 3.28. The number of para-hydroxylation sites is 1. The predicted molar refractivity (Wildman–Crippen MR) is 140 cm³/mol. The highest BCUT2D eigenvalue weighted by Gasteiger charge is 2.36. The summed E-state index contributed by atoms with van der Waals surface area (Å²) in [6.07, 6.45) is 5.64. The fourth-order valence-corrected chi connectivity index (χ4v) is 5.52. The smallest absolute Gasteiger partial charge is 0.410 e. The van der Waals surface area contributed by atoms with Gasteiger partial charge in [-0.2, -0.15) is 0 Å². The van der Waals surface area contributed by atoms with Crippen LogP contribution in [0.15, 0.2) is 24.3 Å². The molecule has 0 radical (unpaired) electrons. The van der Waals surface area contributed by atoms with Crippen molar-refractivity contribution in [1.29, 1.82) is 0 Å². The molecule has 2 amide bonds. The van der Waals surface area contributed by atoms with Gasteiger partial charge in [0.15, 0.2) is 0 Å². The SMILES string of the molecule is CC(C)(C)OC(=O)N1CCN(CCN(CC2CCCCC2)C(=O)C(=O)C2CNc3ccccc32)CC1. The number of carbonyl (C=O) groups excluding carboxylic acids is 3. The Balaban J connectivity index is 1.35. The van der Waals surface area contributed by atoms with E-state index >= 15 is 0 Å². The van der Waals surface area contributed by atoms with Gasteiger partial charge in [-0.3, -0.25) is 14.5 Å². The van der Waals surface area contributed by atoms with E-state index in [0.717, 1.165) is 37.2 Å². The molecule has 1 saturated carbocycles. The molecule has 198 valence electrons. The molecule has 2 heterocycles. The molecule has 0 bridgehead atoms. The molecule has 2 aliphatic heterocycles. The Kier molecular flexibility index (Phi) is 8.54. The minimum atomic E-state index is -0.504. The van der Waals surface area contributed by atoms with Gasteiger partial charge >= 0.3 is 6.09 Å². The molecule has 1 aliphatic carbocycles. The van der Waals surface area contributed by atoms with Crippen molar-refractivity contribution in [1.82, 2.24) is 14.7 Å². The number of rotatable bonds is 7. The van der Waals surface area contributed by atoms with Crippen molar-refractivity contribution in [2.24, 2.45) is 5.92 Å². The highest BCUT2D eigenvalue weighted by Crippen LogP contribution is 2.32. The van der Waals surface area contributed by atoms with Crippen LogP contribution in [0.3, 0.4) is 0 Å². The van der Waals surface area contributed by atoms with Gasteiger partial charge in [0.1, 0.15) is 5.60 Å². The summed E-state index contributed by atoms with van der Waals surface area (Å²) in [6.45, 7) is 10.7. The predicted octanol–water partition coefficient (Wildman–Crippen LogP) is 3.73. The number of Topliss-reactive ketones (excluding diaryl/α,β-unsaturated/α-hetero) is 1. The first-order valence-corrected chi connectivity index (χ1v) is 13.6. The summed E-state index contributed by atoms with van der Waals surface area (Å²) in [6, 6.07) is 7.77. The van der Waals surface area contributed by atoms with Crippen LogP contribution in [0, 0.1) is 5.92 Å². The number of benzene rings is 1. The van der Waals surface area contributed by atoms with Crippen LogP contribution in [0.2, 0.25) is 0 Å². The highest BCUT2D eigenvalue weighted by atomic mass is 16.6. The molecule has 1 atom stereocenters. The standard InChI is InChI=1S/C28H42N4O4/c1-28(2,3)36-27(35)31-16-13-30(14-17-31)15-18-32(20-21-9-5-4-6-10-21)26(34)25(33)23-19-29-24-12-8-7-11-22(23)24/h7-8,11-12,21,23,29H,4-6,9-10,13-20H2,1-3H3. The molecule has 2 fully saturated rings. The fraction of sp³-hybridized carbons (Fsp3) is 0.679. The van der Waals surface area contributed by atoms with Gasteiger partial charge in [0.05, 0.1) is 5.92 Å². The minimum Gasteiger partial charge on any atom is -0.444 e. The van der Waals surface area contributed by atoms with Crippen LogP contribution in [-0.2, 0) is 14.3 Å². The third-order valence-electron chi connectivity index (χ3n) is 7.56. The van der Waals surface area contributed by atoms with Crippen LogP contribution in [0.25, 0.3) is 0 Å². The number of carbonyl (C=O) groups is 3. The van der Waals surface area contributed by atoms with Gasteiger partial charge in [0, 0.05) is 58.0 Å². The van der Waals surface area contributed by atoms with Gasteiger partial charge in [-0.15, -0.1) is 0 Å². The second-order valence-electron chi connectivity index (χ2n) is 11.4. The average Bonchev–Trinajstić information content (AvgIpc) is 3.30. The van der Waals surface area contributed by atoms with Crippen molar-refractivity contribution in [2.45, 2.75) is 64.4 Å². The molecule has 1 aromatic carbocycles. The van der Waals surface area contributed by atoms with Crippen molar-refractivity contribution in [3.8, 4) is 0 Å². The topological polar surface area (TPSA) is 82.2 Å². The Morgan fingerprint density at radius 2 is 1.72 bits per heavy atom. The third-order valence-corrected chi connectivity index (χ3v) is 7.56. The van der Waals surface area contributed by atoms with Crippen LogP contribution in [0.5, 0.6) is 0 Å². The number of anilines is 1. The van der Waals surface area contributed by atoms with Gasteiger partial charge in [-0.1, -0.05) is 37.5 Å². The van der Waals surface area contributed by atoms with Crippen LogP contribution in [0.4, 0.5) is 10.5 Å². The van der Waals surface area contributed by atoms with Crippen LogP contribution >= 0.6 is 0 Å². The monoisotopic (exact) mass is 498 g/mol. The van der Waals surface area contributed by atoms with Crippen LogP contribution in [0.1, 0.15) is 64.4 Å². The summed E-state index contributed by atoms with van der Waals surface area (Å²) < 4.78 is 5.50. The van der Waals surface area contributed by atoms with Gasteiger partial charge in [-0.05, 0) is 51.2 Å². The van der Waals surface area contributed by atoms with E-state index in [9.17, 15) is 14.4 Å². The number of ketones is 1. The third kappa shape index (κ3) is 6.78. The van der Waals surface area contributed by atoms with E-state index in [1.807, 2.05) is 49.9 Å². The first-order valence-electron chi connectivity index (χ1n) is 13.6. The Bertz CT molecular complexity index is 930. The second kappa shape index (κ2) is 11.6. The summed E-state index contributed by atoms with van der Waals surface area (Å²) in [5.41, 5.74) is 1.37. The van der Waals surface area contributed by atoms with E-state index in [2.05, 4.69) is 10.2 Å². The van der Waals surface area contributed by atoms with E-state index in [-0.39, 0.29) is 17.8 Å². The molecule has 36 heavy (non-hydrogen) atoms.